The summed E-state index contributed by atoms with van der Waals surface area (Å²) in [6.45, 7) is 4.62. The summed E-state index contributed by atoms with van der Waals surface area (Å²) < 4.78 is 31.9. The second-order valence-electron chi connectivity index (χ2n) is 7.41. The number of sulfonamides is 1. The van der Waals surface area contributed by atoms with Crippen LogP contribution in [0.15, 0.2) is 40.5 Å². The normalized spacial score (nSPS) is 15.6. The van der Waals surface area contributed by atoms with Gasteiger partial charge in [-0.25, -0.2) is 23.2 Å². The lowest BCUT2D eigenvalue weighted by atomic mass is 10.2. The number of carbonyl (C=O) groups is 2. The Morgan fingerprint density at radius 3 is 2.48 bits per heavy atom. The zero-order chi connectivity index (χ0) is 24.0. The molecule has 1 aromatic heterocycles. The van der Waals surface area contributed by atoms with Gasteiger partial charge in [0, 0.05) is 25.0 Å². The summed E-state index contributed by atoms with van der Waals surface area (Å²) in [4.78, 5) is 32.7. The Kier molecular flexibility index (Phi) is 8.27. The molecule has 1 fully saturated rings. The standard InChI is InChI=1S/C21H27N5O5S2/c1-3-31-20(28)17-13-23-21(25-18(17)22)32-14(2)19(27)24-15-7-9-16(10-8-15)33(29,30)26-11-5-4-6-12-26/h7-10,13-14H,3-6,11-12H2,1-2H3,(H,24,27)(H2,22,23,25). The van der Waals surface area contributed by atoms with Crippen molar-refractivity contribution in [3.63, 3.8) is 0 Å². The molecule has 33 heavy (non-hydrogen) atoms. The number of hydrogen-bond donors (Lipinski definition) is 2. The number of hydrogen-bond acceptors (Lipinski definition) is 9. The van der Waals surface area contributed by atoms with Gasteiger partial charge in [0.25, 0.3) is 0 Å². The van der Waals surface area contributed by atoms with E-state index in [1.807, 2.05) is 0 Å². The number of nitrogens with two attached hydrogens (primary N) is 1. The predicted octanol–water partition coefficient (Wildman–Crippen LogP) is 2.53. The minimum atomic E-state index is -3.53. The highest BCUT2D eigenvalue weighted by Crippen LogP contribution is 2.24. The maximum atomic E-state index is 12.7. The van der Waals surface area contributed by atoms with Crippen LogP contribution in [-0.4, -0.2) is 59.5 Å². The average molecular weight is 494 g/mol. The summed E-state index contributed by atoms with van der Waals surface area (Å²) in [5.41, 5.74) is 6.36. The van der Waals surface area contributed by atoms with Crippen LogP contribution >= 0.6 is 11.8 Å². The lowest BCUT2D eigenvalue weighted by Crippen LogP contribution is -2.35. The van der Waals surface area contributed by atoms with Crippen LogP contribution in [0.3, 0.4) is 0 Å². The van der Waals surface area contributed by atoms with Gasteiger partial charge in [-0.2, -0.15) is 4.31 Å². The van der Waals surface area contributed by atoms with E-state index in [1.165, 1.54) is 22.6 Å². The Labute approximate surface area is 197 Å². The topological polar surface area (TPSA) is 145 Å². The van der Waals surface area contributed by atoms with Crippen LogP contribution in [0.1, 0.15) is 43.5 Å². The van der Waals surface area contributed by atoms with Gasteiger partial charge in [0.2, 0.25) is 15.9 Å². The lowest BCUT2D eigenvalue weighted by molar-refractivity contribution is -0.115. The van der Waals surface area contributed by atoms with Crippen LogP contribution in [0.2, 0.25) is 0 Å². The van der Waals surface area contributed by atoms with Crippen LogP contribution in [0.5, 0.6) is 0 Å². The van der Waals surface area contributed by atoms with Crippen molar-refractivity contribution in [2.75, 3.05) is 30.7 Å². The molecule has 2 heterocycles. The van der Waals surface area contributed by atoms with E-state index in [2.05, 4.69) is 15.3 Å². The van der Waals surface area contributed by atoms with E-state index in [-0.39, 0.29) is 33.9 Å². The molecule has 1 aromatic carbocycles. The molecule has 2 aromatic rings. The third kappa shape index (κ3) is 6.21. The molecular formula is C21H27N5O5S2. The van der Waals surface area contributed by atoms with Gasteiger partial charge in [0.15, 0.2) is 5.16 Å². The second-order valence-corrected chi connectivity index (χ2v) is 10.7. The highest BCUT2D eigenvalue weighted by atomic mass is 32.2. The summed E-state index contributed by atoms with van der Waals surface area (Å²) in [6.07, 6.45) is 4.04. The summed E-state index contributed by atoms with van der Waals surface area (Å²) in [5.74, 6) is -0.949. The third-order valence-corrected chi connectivity index (χ3v) is 7.91. The fourth-order valence-corrected chi connectivity index (χ4v) is 5.48. The van der Waals surface area contributed by atoms with Crippen molar-refractivity contribution < 1.29 is 22.7 Å². The molecule has 0 spiro atoms. The fourth-order valence-electron chi connectivity index (χ4n) is 3.22. The van der Waals surface area contributed by atoms with Crippen molar-refractivity contribution in [2.24, 2.45) is 0 Å². The maximum Gasteiger partial charge on any atom is 0.343 e. The molecule has 1 unspecified atom stereocenters. The quantitative estimate of drug-likeness (QED) is 0.322. The molecule has 3 N–H and O–H groups in total. The van der Waals surface area contributed by atoms with Gasteiger partial charge in [0.1, 0.15) is 11.4 Å². The number of amides is 1. The summed E-state index contributed by atoms with van der Waals surface area (Å²) in [7, 11) is -3.53. The molecule has 3 rings (SSSR count). The van der Waals surface area contributed by atoms with Crippen molar-refractivity contribution in [1.82, 2.24) is 14.3 Å². The number of aromatic nitrogens is 2. The molecule has 1 aliphatic heterocycles. The number of esters is 1. The molecule has 0 aliphatic carbocycles. The zero-order valence-electron chi connectivity index (χ0n) is 18.5. The van der Waals surface area contributed by atoms with E-state index in [4.69, 9.17) is 10.5 Å². The maximum absolute atomic E-state index is 12.7. The highest BCUT2D eigenvalue weighted by Gasteiger charge is 2.26. The smallest absolute Gasteiger partial charge is 0.343 e. The van der Waals surface area contributed by atoms with Crippen molar-refractivity contribution in [3.05, 3.63) is 36.0 Å². The number of ether oxygens (including phenoxy) is 1. The average Bonchev–Trinajstić information content (AvgIpc) is 2.80. The summed E-state index contributed by atoms with van der Waals surface area (Å²) in [5, 5.41) is 2.42. The van der Waals surface area contributed by atoms with Gasteiger partial charge in [-0.15, -0.1) is 0 Å². The first kappa shape index (κ1) is 24.9. The Hall–Kier alpha value is -2.70. The number of anilines is 2. The van der Waals surface area contributed by atoms with Gasteiger partial charge in [-0.1, -0.05) is 18.2 Å². The zero-order valence-corrected chi connectivity index (χ0v) is 20.1. The number of nitrogens with one attached hydrogen (secondary N) is 1. The Morgan fingerprint density at radius 1 is 1.21 bits per heavy atom. The number of benzene rings is 1. The molecule has 10 nitrogen and oxygen atoms in total. The van der Waals surface area contributed by atoms with Crippen LogP contribution in [-0.2, 0) is 19.6 Å². The van der Waals surface area contributed by atoms with E-state index in [0.717, 1.165) is 31.0 Å². The lowest BCUT2D eigenvalue weighted by Gasteiger charge is -2.25. The highest BCUT2D eigenvalue weighted by molar-refractivity contribution is 8.00. The van der Waals surface area contributed by atoms with Gasteiger partial charge in [-0.3, -0.25) is 4.79 Å². The molecule has 12 heteroatoms. The van der Waals surface area contributed by atoms with Crippen LogP contribution < -0.4 is 11.1 Å². The van der Waals surface area contributed by atoms with Crippen molar-refractivity contribution in [1.29, 1.82) is 0 Å². The number of nitrogens with zero attached hydrogens (tertiary/aromatic N) is 3. The van der Waals surface area contributed by atoms with Gasteiger partial charge >= 0.3 is 5.97 Å². The minimum absolute atomic E-state index is 0.0240. The monoisotopic (exact) mass is 493 g/mol. The van der Waals surface area contributed by atoms with E-state index in [0.29, 0.717) is 18.8 Å². The molecule has 0 saturated carbocycles. The molecule has 1 saturated heterocycles. The van der Waals surface area contributed by atoms with Crippen LogP contribution in [0, 0.1) is 0 Å². The number of piperidine rings is 1. The Morgan fingerprint density at radius 2 is 1.88 bits per heavy atom. The first-order valence-electron chi connectivity index (χ1n) is 10.6. The fraction of sp³-hybridized carbons (Fsp3) is 0.429. The van der Waals surface area contributed by atoms with Crippen molar-refractivity contribution in [3.8, 4) is 0 Å². The Balaban J connectivity index is 1.60. The largest absolute Gasteiger partial charge is 0.462 e. The second kappa shape index (κ2) is 10.9. The van der Waals surface area contributed by atoms with E-state index < -0.39 is 21.2 Å². The Bertz CT molecular complexity index is 1100. The molecule has 0 bridgehead atoms. The van der Waals surface area contributed by atoms with Crippen molar-refractivity contribution >= 4 is 45.2 Å². The number of rotatable bonds is 8. The van der Waals surface area contributed by atoms with E-state index in [9.17, 15) is 18.0 Å². The van der Waals surface area contributed by atoms with Crippen molar-refractivity contribution in [2.45, 2.75) is 48.4 Å². The van der Waals surface area contributed by atoms with Gasteiger partial charge in [-0.05, 0) is 51.0 Å². The SMILES string of the molecule is CCOC(=O)c1cnc(SC(C)C(=O)Nc2ccc(S(=O)(=O)N3CCCCC3)cc2)nc1N. The van der Waals surface area contributed by atoms with E-state index >= 15 is 0 Å². The number of carbonyl (C=O) groups excluding carboxylic acids is 2. The molecule has 178 valence electrons. The molecule has 1 aliphatic rings. The third-order valence-electron chi connectivity index (χ3n) is 5.02. The predicted molar refractivity (Wildman–Crippen MR) is 125 cm³/mol. The van der Waals surface area contributed by atoms with E-state index in [1.54, 1.807) is 26.0 Å². The van der Waals surface area contributed by atoms with Gasteiger partial charge in [0.05, 0.1) is 16.8 Å². The van der Waals surface area contributed by atoms with Crippen LogP contribution in [0.25, 0.3) is 0 Å². The molecular weight excluding hydrogens is 466 g/mol. The summed E-state index contributed by atoms with van der Waals surface area (Å²) >= 11 is 1.08. The first-order chi connectivity index (χ1) is 15.7. The molecule has 1 atom stereocenters. The van der Waals surface area contributed by atoms with Crippen LogP contribution in [0.4, 0.5) is 11.5 Å². The first-order valence-corrected chi connectivity index (χ1v) is 12.9. The molecule has 1 amide bonds. The summed E-state index contributed by atoms with van der Waals surface area (Å²) in [6, 6.07) is 6.12. The minimum Gasteiger partial charge on any atom is -0.462 e. The number of thioether (sulfide) groups is 1. The van der Waals surface area contributed by atoms with Gasteiger partial charge < -0.3 is 15.8 Å². The molecule has 0 radical (unpaired) electrons. The number of nitrogen functional groups attached to an aromatic ring is 1.